The van der Waals surface area contributed by atoms with E-state index in [2.05, 4.69) is 31.0 Å². The van der Waals surface area contributed by atoms with Gasteiger partial charge in [0.1, 0.15) is 5.71 Å². The van der Waals surface area contributed by atoms with Crippen LogP contribution >= 0.6 is 0 Å². The molecule has 0 fully saturated rings. The molecule has 1 aliphatic heterocycles. The number of amides is 2. The molecule has 0 bridgehead atoms. The first kappa shape index (κ1) is 16.6. The lowest BCUT2D eigenvalue weighted by Crippen LogP contribution is -2.36. The maximum atomic E-state index is 12.7. The van der Waals surface area contributed by atoms with Gasteiger partial charge in [0.05, 0.1) is 11.4 Å². The molecule has 2 heterocycles. The third-order valence-corrected chi connectivity index (χ3v) is 4.06. The highest BCUT2D eigenvalue weighted by atomic mass is 16.2. The van der Waals surface area contributed by atoms with Gasteiger partial charge in [-0.3, -0.25) is 9.59 Å². The Balaban J connectivity index is 1.60. The standard InChI is InChI=1S/C18H15N7O2/c26-16-11-10-15(22-25(16)12-6-2-1-3-7-12)18(27)19-14-9-5-4-8-13(14)17-20-23-24-21-17/h1-9H,10-11H2,(H,19,27)(H,20,21,23,24). The van der Waals surface area contributed by atoms with Crippen molar-refractivity contribution in [1.82, 2.24) is 20.6 Å². The first-order valence-corrected chi connectivity index (χ1v) is 8.32. The molecule has 4 rings (SSSR count). The zero-order valence-corrected chi connectivity index (χ0v) is 14.2. The van der Waals surface area contributed by atoms with Crippen molar-refractivity contribution in [1.29, 1.82) is 0 Å². The summed E-state index contributed by atoms with van der Waals surface area (Å²) in [6.07, 6.45) is 0.492. The van der Waals surface area contributed by atoms with E-state index in [1.165, 1.54) is 5.01 Å². The topological polar surface area (TPSA) is 116 Å². The number of tetrazole rings is 1. The minimum Gasteiger partial charge on any atom is -0.320 e. The molecule has 0 unspecified atom stereocenters. The fourth-order valence-corrected chi connectivity index (χ4v) is 2.75. The molecule has 0 aliphatic carbocycles. The average molecular weight is 361 g/mol. The summed E-state index contributed by atoms with van der Waals surface area (Å²) >= 11 is 0. The molecule has 2 N–H and O–H groups in total. The summed E-state index contributed by atoms with van der Waals surface area (Å²) in [5.41, 5.74) is 2.07. The Morgan fingerprint density at radius 2 is 1.81 bits per heavy atom. The summed E-state index contributed by atoms with van der Waals surface area (Å²) in [5, 5.41) is 22.2. The molecule has 1 aromatic heterocycles. The summed E-state index contributed by atoms with van der Waals surface area (Å²) < 4.78 is 0. The van der Waals surface area contributed by atoms with E-state index in [0.29, 0.717) is 22.8 Å². The van der Waals surface area contributed by atoms with Crippen LogP contribution in [0.2, 0.25) is 0 Å². The number of aromatic amines is 1. The number of anilines is 2. The predicted molar refractivity (Wildman–Crippen MR) is 98.8 cm³/mol. The quantitative estimate of drug-likeness (QED) is 0.737. The van der Waals surface area contributed by atoms with Gasteiger partial charge in [0.25, 0.3) is 5.91 Å². The van der Waals surface area contributed by atoms with E-state index >= 15 is 0 Å². The highest BCUT2D eigenvalue weighted by Crippen LogP contribution is 2.25. The lowest BCUT2D eigenvalue weighted by atomic mass is 10.1. The lowest BCUT2D eigenvalue weighted by molar-refractivity contribution is -0.118. The van der Waals surface area contributed by atoms with E-state index in [1.54, 1.807) is 30.3 Å². The number of para-hydroxylation sites is 2. The fraction of sp³-hybridized carbons (Fsp3) is 0.111. The maximum absolute atomic E-state index is 12.7. The Hall–Kier alpha value is -3.88. The largest absolute Gasteiger partial charge is 0.320 e. The molecule has 134 valence electrons. The molecule has 0 radical (unpaired) electrons. The fourth-order valence-electron chi connectivity index (χ4n) is 2.75. The molecule has 9 nitrogen and oxygen atoms in total. The van der Waals surface area contributed by atoms with Crippen LogP contribution < -0.4 is 10.3 Å². The van der Waals surface area contributed by atoms with Crippen LogP contribution in [0.4, 0.5) is 11.4 Å². The molecule has 2 amide bonds. The second kappa shape index (κ2) is 7.16. The third-order valence-electron chi connectivity index (χ3n) is 4.06. The number of carbonyl (C=O) groups is 2. The van der Waals surface area contributed by atoms with Gasteiger partial charge >= 0.3 is 0 Å². The average Bonchev–Trinajstić information content (AvgIpc) is 3.24. The van der Waals surface area contributed by atoms with Gasteiger partial charge in [-0.1, -0.05) is 30.3 Å². The van der Waals surface area contributed by atoms with Crippen LogP contribution in [0.3, 0.4) is 0 Å². The van der Waals surface area contributed by atoms with E-state index in [4.69, 9.17) is 0 Å². The van der Waals surface area contributed by atoms with E-state index in [9.17, 15) is 9.59 Å². The van der Waals surface area contributed by atoms with Gasteiger partial charge in [-0.05, 0) is 29.5 Å². The summed E-state index contributed by atoms with van der Waals surface area (Å²) in [5.74, 6) is -0.151. The molecule has 0 saturated carbocycles. The number of hydrogen-bond donors (Lipinski definition) is 2. The van der Waals surface area contributed by atoms with Crippen molar-refractivity contribution >= 4 is 28.9 Å². The third kappa shape index (κ3) is 3.43. The Bertz CT molecular complexity index is 1000. The summed E-state index contributed by atoms with van der Waals surface area (Å²) in [6.45, 7) is 0. The van der Waals surface area contributed by atoms with Crippen molar-refractivity contribution in [3.05, 3.63) is 54.6 Å². The van der Waals surface area contributed by atoms with Crippen molar-refractivity contribution in [3.63, 3.8) is 0 Å². The molecule has 0 atom stereocenters. The lowest BCUT2D eigenvalue weighted by Gasteiger charge is -2.23. The van der Waals surface area contributed by atoms with Crippen LogP contribution in [0.5, 0.6) is 0 Å². The van der Waals surface area contributed by atoms with Crippen LogP contribution in [-0.4, -0.2) is 38.2 Å². The van der Waals surface area contributed by atoms with Crippen LogP contribution in [0, 0.1) is 0 Å². The molecule has 27 heavy (non-hydrogen) atoms. The number of nitrogens with one attached hydrogen (secondary N) is 2. The Labute approximate surface area is 154 Å². The Morgan fingerprint density at radius 1 is 1.04 bits per heavy atom. The normalized spacial score (nSPS) is 14.0. The van der Waals surface area contributed by atoms with Gasteiger partial charge in [0.2, 0.25) is 11.7 Å². The Kier molecular flexibility index (Phi) is 4.40. The molecule has 0 spiro atoms. The van der Waals surface area contributed by atoms with Gasteiger partial charge in [-0.25, -0.2) is 5.01 Å². The van der Waals surface area contributed by atoms with Gasteiger partial charge in [-0.2, -0.15) is 10.3 Å². The highest BCUT2D eigenvalue weighted by molar-refractivity contribution is 6.44. The van der Waals surface area contributed by atoms with Crippen molar-refractivity contribution in [3.8, 4) is 11.4 Å². The highest BCUT2D eigenvalue weighted by Gasteiger charge is 2.26. The van der Waals surface area contributed by atoms with Gasteiger partial charge < -0.3 is 5.32 Å². The van der Waals surface area contributed by atoms with Gasteiger partial charge in [0, 0.05) is 18.4 Å². The second-order valence-electron chi connectivity index (χ2n) is 5.82. The molecule has 2 aromatic carbocycles. The molecular formula is C18H15N7O2. The van der Waals surface area contributed by atoms with E-state index in [1.807, 2.05) is 24.3 Å². The minimum atomic E-state index is -0.376. The number of carbonyl (C=O) groups excluding carboxylic acids is 2. The van der Waals surface area contributed by atoms with E-state index < -0.39 is 0 Å². The van der Waals surface area contributed by atoms with Crippen LogP contribution in [0.25, 0.3) is 11.4 Å². The molecular weight excluding hydrogens is 346 g/mol. The summed E-state index contributed by atoms with van der Waals surface area (Å²) in [7, 11) is 0. The first-order chi connectivity index (χ1) is 13.2. The van der Waals surface area contributed by atoms with Crippen molar-refractivity contribution < 1.29 is 9.59 Å². The number of aromatic nitrogens is 4. The number of hydrazone groups is 1. The van der Waals surface area contributed by atoms with Crippen LogP contribution in [0.15, 0.2) is 59.7 Å². The maximum Gasteiger partial charge on any atom is 0.271 e. The first-order valence-electron chi connectivity index (χ1n) is 8.32. The second-order valence-corrected chi connectivity index (χ2v) is 5.82. The number of hydrogen-bond acceptors (Lipinski definition) is 6. The van der Waals surface area contributed by atoms with Gasteiger partial charge in [0.15, 0.2) is 0 Å². The SMILES string of the molecule is O=C(Nc1ccccc1-c1nn[nH]n1)C1=NN(c2ccccc2)C(=O)CC1. The molecule has 0 saturated heterocycles. The smallest absolute Gasteiger partial charge is 0.271 e. The zero-order valence-electron chi connectivity index (χ0n) is 14.2. The van der Waals surface area contributed by atoms with Gasteiger partial charge in [-0.15, -0.1) is 10.2 Å². The number of rotatable bonds is 4. The van der Waals surface area contributed by atoms with E-state index in [0.717, 1.165) is 0 Å². The number of benzene rings is 2. The van der Waals surface area contributed by atoms with Crippen LogP contribution in [0.1, 0.15) is 12.8 Å². The molecule has 1 aliphatic rings. The minimum absolute atomic E-state index is 0.148. The van der Waals surface area contributed by atoms with Crippen molar-refractivity contribution in [2.45, 2.75) is 12.8 Å². The van der Waals surface area contributed by atoms with Crippen molar-refractivity contribution in [2.24, 2.45) is 5.10 Å². The number of H-pyrrole nitrogens is 1. The monoisotopic (exact) mass is 361 g/mol. The molecule has 3 aromatic rings. The zero-order chi connectivity index (χ0) is 18.6. The Morgan fingerprint density at radius 3 is 2.59 bits per heavy atom. The van der Waals surface area contributed by atoms with Crippen LogP contribution in [-0.2, 0) is 9.59 Å². The number of nitrogens with zero attached hydrogens (tertiary/aromatic N) is 5. The summed E-state index contributed by atoms with van der Waals surface area (Å²) in [6, 6.07) is 16.2. The summed E-state index contributed by atoms with van der Waals surface area (Å²) in [4.78, 5) is 24.9. The van der Waals surface area contributed by atoms with Crippen molar-refractivity contribution in [2.75, 3.05) is 10.3 Å². The van der Waals surface area contributed by atoms with E-state index in [-0.39, 0.29) is 30.4 Å². The molecule has 9 heteroatoms. The predicted octanol–water partition coefficient (Wildman–Crippen LogP) is 1.99.